The van der Waals surface area contributed by atoms with E-state index < -0.39 is 0 Å². The lowest BCUT2D eigenvalue weighted by atomic mass is 10.3. The van der Waals surface area contributed by atoms with Crippen LogP contribution in [-0.4, -0.2) is 22.0 Å². The summed E-state index contributed by atoms with van der Waals surface area (Å²) in [6, 6.07) is 11.0. The van der Waals surface area contributed by atoms with Gasteiger partial charge in [-0.05, 0) is 50.2 Å². The van der Waals surface area contributed by atoms with E-state index >= 15 is 0 Å². The van der Waals surface area contributed by atoms with Crippen LogP contribution in [0, 0.1) is 0 Å². The molecule has 0 unspecified atom stereocenters. The first-order valence-electron chi connectivity index (χ1n) is 7.56. The Kier molecular flexibility index (Phi) is 4.86. The molecule has 0 radical (unpaired) electrons. The highest BCUT2D eigenvalue weighted by atomic mass is 32.1. The zero-order chi connectivity index (χ0) is 16.9. The Labute approximate surface area is 144 Å². The van der Waals surface area contributed by atoms with Crippen molar-refractivity contribution in [3.63, 3.8) is 0 Å². The summed E-state index contributed by atoms with van der Waals surface area (Å²) in [5.41, 5.74) is 2.05. The van der Waals surface area contributed by atoms with Gasteiger partial charge >= 0.3 is 0 Å². The van der Waals surface area contributed by atoms with E-state index in [0.29, 0.717) is 11.4 Å². The predicted molar refractivity (Wildman–Crippen MR) is 95.5 cm³/mol. The number of nitrogens with one attached hydrogen (secondary N) is 1. The fourth-order valence-corrected chi connectivity index (χ4v) is 2.90. The lowest BCUT2D eigenvalue weighted by Gasteiger charge is -2.10. The van der Waals surface area contributed by atoms with Crippen LogP contribution in [0.25, 0.3) is 10.6 Å². The van der Waals surface area contributed by atoms with Gasteiger partial charge in [0.2, 0.25) is 0 Å². The highest BCUT2D eigenvalue weighted by Crippen LogP contribution is 2.23. The van der Waals surface area contributed by atoms with E-state index in [4.69, 9.17) is 4.74 Å². The zero-order valence-corrected chi connectivity index (χ0v) is 14.2. The van der Waals surface area contributed by atoms with E-state index in [0.717, 1.165) is 16.3 Å². The van der Waals surface area contributed by atoms with Crippen molar-refractivity contribution in [2.24, 2.45) is 0 Å². The summed E-state index contributed by atoms with van der Waals surface area (Å²) in [5.74, 6) is 0.542. The van der Waals surface area contributed by atoms with Crippen molar-refractivity contribution < 1.29 is 9.53 Å². The monoisotopic (exact) mass is 339 g/mol. The maximum absolute atomic E-state index is 12.3. The molecule has 1 N–H and O–H groups in total. The summed E-state index contributed by atoms with van der Waals surface area (Å²) in [7, 11) is 0. The van der Waals surface area contributed by atoms with Crippen LogP contribution in [0.5, 0.6) is 5.75 Å². The summed E-state index contributed by atoms with van der Waals surface area (Å²) in [6.07, 6.45) is 3.53. The number of anilines is 1. The number of pyridine rings is 1. The van der Waals surface area contributed by atoms with E-state index in [1.165, 1.54) is 11.3 Å². The molecule has 0 aliphatic rings. The Morgan fingerprint density at radius 1 is 1.12 bits per heavy atom. The Hall–Kier alpha value is -2.73. The molecule has 122 valence electrons. The molecule has 0 atom stereocenters. The van der Waals surface area contributed by atoms with Crippen molar-refractivity contribution >= 4 is 22.9 Å². The molecule has 0 saturated heterocycles. The molecule has 0 aliphatic heterocycles. The average Bonchev–Trinajstić information content (AvgIpc) is 3.07. The van der Waals surface area contributed by atoms with Gasteiger partial charge in [0, 0.05) is 29.0 Å². The highest BCUT2D eigenvalue weighted by Gasteiger charge is 2.12. The van der Waals surface area contributed by atoms with Gasteiger partial charge in [-0.2, -0.15) is 0 Å². The summed E-state index contributed by atoms with van der Waals surface area (Å²) >= 11 is 1.43. The molecule has 0 aliphatic carbocycles. The number of rotatable bonds is 5. The van der Waals surface area contributed by atoms with Crippen LogP contribution in [-0.2, 0) is 0 Å². The minimum absolute atomic E-state index is 0.118. The van der Waals surface area contributed by atoms with Crippen molar-refractivity contribution in [1.29, 1.82) is 0 Å². The average molecular weight is 339 g/mol. The number of amides is 1. The normalized spacial score (nSPS) is 10.6. The molecule has 2 heterocycles. The quantitative estimate of drug-likeness (QED) is 0.755. The van der Waals surface area contributed by atoms with Crippen molar-refractivity contribution in [1.82, 2.24) is 9.97 Å². The van der Waals surface area contributed by atoms with Gasteiger partial charge in [0.15, 0.2) is 0 Å². The van der Waals surface area contributed by atoms with Crippen LogP contribution < -0.4 is 10.1 Å². The third-order valence-corrected chi connectivity index (χ3v) is 4.04. The number of thiazole rings is 1. The van der Waals surface area contributed by atoms with Gasteiger partial charge in [0.25, 0.3) is 5.91 Å². The number of aromatic nitrogens is 2. The molecule has 0 spiro atoms. The summed E-state index contributed by atoms with van der Waals surface area (Å²) in [4.78, 5) is 20.7. The third-order valence-electron chi connectivity index (χ3n) is 3.15. The standard InChI is InChI=1S/C18H17N3O2S/c1-12(2)23-15-5-3-14(4-6-15)20-17(22)16-11-24-18(21-16)13-7-9-19-10-8-13/h3-12H,1-2H3,(H,20,22). The fraction of sp³-hybridized carbons (Fsp3) is 0.167. The smallest absolute Gasteiger partial charge is 0.275 e. The Balaban J connectivity index is 1.68. The van der Waals surface area contributed by atoms with E-state index in [2.05, 4.69) is 15.3 Å². The molecule has 0 fully saturated rings. The van der Waals surface area contributed by atoms with Crippen molar-refractivity contribution in [3.8, 4) is 16.3 Å². The SMILES string of the molecule is CC(C)Oc1ccc(NC(=O)c2csc(-c3ccncc3)n2)cc1. The first kappa shape index (κ1) is 16.1. The van der Waals surface area contributed by atoms with Crippen LogP contribution in [0.1, 0.15) is 24.3 Å². The molecule has 3 rings (SSSR count). The lowest BCUT2D eigenvalue weighted by Crippen LogP contribution is -2.12. The molecule has 0 bridgehead atoms. The second-order valence-corrected chi connectivity index (χ2v) is 6.28. The first-order chi connectivity index (χ1) is 11.6. The van der Waals surface area contributed by atoms with E-state index in [1.807, 2.05) is 50.2 Å². The predicted octanol–water partition coefficient (Wildman–Crippen LogP) is 4.24. The minimum atomic E-state index is -0.232. The maximum atomic E-state index is 12.3. The van der Waals surface area contributed by atoms with Gasteiger partial charge in [-0.15, -0.1) is 11.3 Å². The van der Waals surface area contributed by atoms with Crippen LogP contribution in [0.15, 0.2) is 54.2 Å². The number of ether oxygens (including phenoxy) is 1. The lowest BCUT2D eigenvalue weighted by molar-refractivity contribution is 0.102. The second-order valence-electron chi connectivity index (χ2n) is 5.42. The third kappa shape index (κ3) is 3.97. The van der Waals surface area contributed by atoms with Gasteiger partial charge in [0.1, 0.15) is 16.5 Å². The number of carbonyl (C=O) groups excluding carboxylic acids is 1. The van der Waals surface area contributed by atoms with Gasteiger partial charge in [0.05, 0.1) is 6.10 Å². The Morgan fingerprint density at radius 2 is 1.83 bits per heavy atom. The second kappa shape index (κ2) is 7.23. The fourth-order valence-electron chi connectivity index (χ4n) is 2.09. The Morgan fingerprint density at radius 3 is 2.50 bits per heavy atom. The zero-order valence-electron chi connectivity index (χ0n) is 13.4. The van der Waals surface area contributed by atoms with Crippen LogP contribution in [0.2, 0.25) is 0 Å². The van der Waals surface area contributed by atoms with Gasteiger partial charge in [-0.3, -0.25) is 9.78 Å². The van der Waals surface area contributed by atoms with Crippen molar-refractivity contribution in [2.45, 2.75) is 20.0 Å². The molecule has 1 aromatic carbocycles. The molecular weight excluding hydrogens is 322 g/mol. The van der Waals surface area contributed by atoms with Gasteiger partial charge < -0.3 is 10.1 Å². The number of carbonyl (C=O) groups is 1. The highest BCUT2D eigenvalue weighted by molar-refractivity contribution is 7.13. The molecule has 3 aromatic rings. The molecule has 2 aromatic heterocycles. The van der Waals surface area contributed by atoms with Crippen LogP contribution in [0.4, 0.5) is 5.69 Å². The van der Waals surface area contributed by atoms with Crippen molar-refractivity contribution in [3.05, 3.63) is 59.9 Å². The first-order valence-corrected chi connectivity index (χ1v) is 8.44. The van der Waals surface area contributed by atoms with E-state index in [-0.39, 0.29) is 12.0 Å². The molecular formula is C18H17N3O2S. The largest absolute Gasteiger partial charge is 0.491 e. The molecule has 1 amide bonds. The number of hydrogen-bond donors (Lipinski definition) is 1. The van der Waals surface area contributed by atoms with Crippen molar-refractivity contribution in [2.75, 3.05) is 5.32 Å². The van der Waals surface area contributed by atoms with Gasteiger partial charge in [-0.1, -0.05) is 0 Å². The topological polar surface area (TPSA) is 64.1 Å². The molecule has 0 saturated carbocycles. The van der Waals surface area contributed by atoms with E-state index in [9.17, 15) is 4.79 Å². The van der Waals surface area contributed by atoms with Crippen LogP contribution in [0.3, 0.4) is 0 Å². The summed E-state index contributed by atoms with van der Waals surface area (Å²) in [5, 5.41) is 5.39. The molecule has 24 heavy (non-hydrogen) atoms. The molecule has 5 nitrogen and oxygen atoms in total. The maximum Gasteiger partial charge on any atom is 0.275 e. The summed E-state index contributed by atoms with van der Waals surface area (Å²) in [6.45, 7) is 3.94. The number of nitrogens with zero attached hydrogens (tertiary/aromatic N) is 2. The van der Waals surface area contributed by atoms with Crippen LogP contribution >= 0.6 is 11.3 Å². The molecule has 6 heteroatoms. The number of hydrogen-bond acceptors (Lipinski definition) is 5. The number of benzene rings is 1. The van der Waals surface area contributed by atoms with Gasteiger partial charge in [-0.25, -0.2) is 4.98 Å². The van der Waals surface area contributed by atoms with E-state index in [1.54, 1.807) is 17.8 Å². The summed E-state index contributed by atoms with van der Waals surface area (Å²) < 4.78 is 5.58. The minimum Gasteiger partial charge on any atom is -0.491 e. The Bertz CT molecular complexity index is 814.